The number of nitrogens with zero attached hydrogens (tertiary/aromatic N) is 1. The van der Waals surface area contributed by atoms with Crippen LogP contribution < -0.4 is 14.2 Å². The Bertz CT molecular complexity index is 1380. The maximum atomic E-state index is 12.0. The Morgan fingerprint density at radius 3 is 2.42 bits per heavy atom. The summed E-state index contributed by atoms with van der Waals surface area (Å²) in [7, 11) is 0. The number of carboxylic acids is 1. The van der Waals surface area contributed by atoms with E-state index in [1.807, 2.05) is 6.07 Å². The van der Waals surface area contributed by atoms with E-state index in [0.717, 1.165) is 11.1 Å². The Labute approximate surface area is 203 Å². The molecule has 1 aliphatic heterocycles. The highest BCUT2D eigenvalue weighted by atomic mass is 35.5. The fourth-order valence-electron chi connectivity index (χ4n) is 3.76. The molecule has 0 radical (unpaired) electrons. The van der Waals surface area contributed by atoms with Crippen molar-refractivity contribution in [2.24, 2.45) is 0 Å². The van der Waals surface area contributed by atoms with Crippen molar-refractivity contribution in [3.63, 3.8) is 0 Å². The number of aromatic carboxylic acids is 1. The van der Waals surface area contributed by atoms with Gasteiger partial charge in [0, 0.05) is 37.6 Å². The number of hydrogen-bond donors (Lipinski definition) is 1. The fraction of sp³-hybridized carbons (Fsp3) is 0.125. The minimum absolute atomic E-state index is 0.129. The molecular weight excluding hydrogens is 489 g/mol. The average molecular weight is 505 g/mol. The van der Waals surface area contributed by atoms with Gasteiger partial charge in [-0.3, -0.25) is 0 Å². The van der Waals surface area contributed by atoms with Crippen LogP contribution in [-0.4, -0.2) is 22.4 Å². The first-order valence-electron chi connectivity index (χ1n) is 9.91. The Hall–Kier alpha value is -3.06. The van der Waals surface area contributed by atoms with Gasteiger partial charge >= 0.3 is 5.97 Å². The van der Waals surface area contributed by atoms with Crippen molar-refractivity contribution in [1.29, 1.82) is 0 Å². The first-order chi connectivity index (χ1) is 15.9. The van der Waals surface area contributed by atoms with Crippen molar-refractivity contribution >= 4 is 51.7 Å². The summed E-state index contributed by atoms with van der Waals surface area (Å²) in [5.41, 5.74) is 2.26. The van der Waals surface area contributed by atoms with E-state index < -0.39 is 5.97 Å². The lowest BCUT2D eigenvalue weighted by Gasteiger charge is -2.12. The van der Waals surface area contributed by atoms with Crippen LogP contribution in [0.3, 0.4) is 0 Å². The van der Waals surface area contributed by atoms with Crippen molar-refractivity contribution in [1.82, 2.24) is 4.57 Å². The Morgan fingerprint density at radius 1 is 0.970 bits per heavy atom. The molecule has 1 N–H and O–H groups in total. The summed E-state index contributed by atoms with van der Waals surface area (Å²) in [6, 6.07) is 15.7. The summed E-state index contributed by atoms with van der Waals surface area (Å²) >= 11 is 18.8. The van der Waals surface area contributed by atoms with Crippen LogP contribution in [0, 0.1) is 0 Å². The molecule has 0 amide bonds. The molecule has 4 aromatic rings. The SMILES string of the molecule is O=C(O)c1cc2cc(OCc3c(Cl)cccc3Cl)ccc2n1Cc1cc2c(cc1Cl)OCO2. The van der Waals surface area contributed by atoms with Crippen LogP contribution in [0.25, 0.3) is 10.9 Å². The molecule has 33 heavy (non-hydrogen) atoms. The molecule has 168 valence electrons. The molecule has 3 aromatic carbocycles. The second-order valence-electron chi connectivity index (χ2n) is 7.43. The molecule has 5 rings (SSSR count). The maximum absolute atomic E-state index is 12.0. The fourth-order valence-corrected chi connectivity index (χ4v) is 4.48. The second-order valence-corrected chi connectivity index (χ2v) is 8.65. The molecular formula is C24H16Cl3NO5. The second kappa shape index (κ2) is 8.71. The zero-order chi connectivity index (χ0) is 23.1. The molecule has 2 heterocycles. The molecule has 0 unspecified atom stereocenters. The van der Waals surface area contributed by atoms with Crippen LogP contribution >= 0.6 is 34.8 Å². The summed E-state index contributed by atoms with van der Waals surface area (Å²) in [5.74, 6) is 0.665. The summed E-state index contributed by atoms with van der Waals surface area (Å²) in [4.78, 5) is 12.0. The summed E-state index contributed by atoms with van der Waals surface area (Å²) < 4.78 is 18.4. The third-order valence-electron chi connectivity index (χ3n) is 5.41. The van der Waals surface area contributed by atoms with E-state index in [9.17, 15) is 9.90 Å². The van der Waals surface area contributed by atoms with Gasteiger partial charge in [-0.1, -0.05) is 40.9 Å². The van der Waals surface area contributed by atoms with E-state index in [1.165, 1.54) is 0 Å². The van der Waals surface area contributed by atoms with Crippen molar-refractivity contribution in [2.45, 2.75) is 13.2 Å². The van der Waals surface area contributed by atoms with Gasteiger partial charge < -0.3 is 23.9 Å². The smallest absolute Gasteiger partial charge is 0.352 e. The van der Waals surface area contributed by atoms with Crippen LogP contribution in [0.2, 0.25) is 15.1 Å². The highest BCUT2D eigenvalue weighted by Gasteiger charge is 2.20. The van der Waals surface area contributed by atoms with Gasteiger partial charge in [0.05, 0.1) is 6.54 Å². The lowest BCUT2D eigenvalue weighted by molar-refractivity contribution is 0.0686. The van der Waals surface area contributed by atoms with Crippen molar-refractivity contribution in [2.75, 3.05) is 6.79 Å². The number of carbonyl (C=O) groups is 1. The van der Waals surface area contributed by atoms with Gasteiger partial charge in [0.2, 0.25) is 6.79 Å². The quantitative estimate of drug-likeness (QED) is 0.318. The van der Waals surface area contributed by atoms with Crippen molar-refractivity contribution in [3.05, 3.63) is 86.5 Å². The van der Waals surface area contributed by atoms with Gasteiger partial charge in [0.25, 0.3) is 0 Å². The van der Waals surface area contributed by atoms with Crippen LogP contribution in [0.1, 0.15) is 21.6 Å². The van der Waals surface area contributed by atoms with Crippen LogP contribution in [0.4, 0.5) is 0 Å². The highest BCUT2D eigenvalue weighted by Crippen LogP contribution is 2.38. The summed E-state index contributed by atoms with van der Waals surface area (Å²) in [6.45, 7) is 0.559. The van der Waals surface area contributed by atoms with E-state index >= 15 is 0 Å². The first kappa shape index (κ1) is 21.8. The van der Waals surface area contributed by atoms with Gasteiger partial charge in [0.1, 0.15) is 18.1 Å². The number of hydrogen-bond acceptors (Lipinski definition) is 4. The molecule has 1 aromatic heterocycles. The minimum atomic E-state index is -1.05. The number of rotatable bonds is 6. The Kier molecular flexibility index (Phi) is 5.74. The number of ether oxygens (including phenoxy) is 3. The zero-order valence-electron chi connectivity index (χ0n) is 17.0. The minimum Gasteiger partial charge on any atom is -0.489 e. The number of benzene rings is 3. The number of aromatic nitrogens is 1. The average Bonchev–Trinajstić information content (AvgIpc) is 3.37. The van der Waals surface area contributed by atoms with E-state index in [4.69, 9.17) is 49.0 Å². The lowest BCUT2D eigenvalue weighted by atomic mass is 10.2. The number of fused-ring (bicyclic) bond motifs is 2. The maximum Gasteiger partial charge on any atom is 0.352 e. The molecule has 0 saturated carbocycles. The normalized spacial score (nSPS) is 12.3. The van der Waals surface area contributed by atoms with Crippen LogP contribution in [0.15, 0.2) is 54.6 Å². The van der Waals surface area contributed by atoms with E-state index in [0.29, 0.717) is 43.3 Å². The predicted molar refractivity (Wildman–Crippen MR) is 126 cm³/mol. The van der Waals surface area contributed by atoms with E-state index in [1.54, 1.807) is 53.1 Å². The standard InChI is InChI=1S/C24H16Cl3NO5/c25-17-2-1-3-18(26)16(17)11-31-15-4-5-20-13(6-15)7-21(24(29)30)28(20)10-14-8-22-23(9-19(14)27)33-12-32-22/h1-9H,10-12H2,(H,29,30). The molecule has 0 atom stereocenters. The van der Waals surface area contributed by atoms with Gasteiger partial charge in [-0.25, -0.2) is 4.79 Å². The molecule has 0 saturated heterocycles. The van der Waals surface area contributed by atoms with Gasteiger partial charge in [0.15, 0.2) is 11.5 Å². The third-order valence-corrected chi connectivity index (χ3v) is 6.47. The Balaban J connectivity index is 1.47. The first-order valence-corrected chi connectivity index (χ1v) is 11.0. The molecule has 9 heteroatoms. The molecule has 0 fully saturated rings. The monoisotopic (exact) mass is 503 g/mol. The largest absolute Gasteiger partial charge is 0.489 e. The highest BCUT2D eigenvalue weighted by molar-refractivity contribution is 6.36. The van der Waals surface area contributed by atoms with E-state index in [2.05, 4.69) is 0 Å². The van der Waals surface area contributed by atoms with Crippen LogP contribution in [-0.2, 0) is 13.2 Å². The third kappa shape index (κ3) is 4.17. The van der Waals surface area contributed by atoms with Crippen molar-refractivity contribution < 1.29 is 24.1 Å². The van der Waals surface area contributed by atoms with Crippen molar-refractivity contribution in [3.8, 4) is 17.2 Å². The Morgan fingerprint density at radius 2 is 1.70 bits per heavy atom. The zero-order valence-corrected chi connectivity index (χ0v) is 19.2. The van der Waals surface area contributed by atoms with Gasteiger partial charge in [-0.05, 0) is 48.0 Å². The molecule has 0 aliphatic carbocycles. The molecule has 0 spiro atoms. The lowest BCUT2D eigenvalue weighted by Crippen LogP contribution is -2.09. The van der Waals surface area contributed by atoms with Gasteiger partial charge in [-0.15, -0.1) is 0 Å². The summed E-state index contributed by atoms with van der Waals surface area (Å²) in [6.07, 6.45) is 0. The predicted octanol–water partition coefficient (Wildman–Crippen LogP) is 6.66. The van der Waals surface area contributed by atoms with Gasteiger partial charge in [-0.2, -0.15) is 0 Å². The number of halogens is 3. The van der Waals surface area contributed by atoms with Crippen LogP contribution in [0.5, 0.6) is 17.2 Å². The topological polar surface area (TPSA) is 69.9 Å². The molecule has 0 bridgehead atoms. The molecule has 1 aliphatic rings. The summed E-state index contributed by atoms with van der Waals surface area (Å²) in [5, 5.41) is 12.0. The number of carboxylic acid groups (broad SMARTS) is 1. The molecule has 6 nitrogen and oxygen atoms in total. The van der Waals surface area contributed by atoms with E-state index in [-0.39, 0.29) is 25.6 Å².